The van der Waals surface area contributed by atoms with Gasteiger partial charge in [0, 0.05) is 101 Å². The third-order valence-corrected chi connectivity index (χ3v) is 16.5. The van der Waals surface area contributed by atoms with Crippen LogP contribution in [-0.2, 0) is 23.1 Å². The number of aromatic hydroxyl groups is 1. The largest absolute Gasteiger partial charge is 0.508 e. The molecule has 5 saturated heterocycles. The number of nitrogens with one attached hydrogen (secondary N) is 2. The minimum atomic E-state index is -0.703. The quantitative estimate of drug-likeness (QED) is 0.129. The molecule has 2 bridgehead atoms. The summed E-state index contributed by atoms with van der Waals surface area (Å²) in [6.07, 6.45) is 8.99. The molecule has 0 spiro atoms. The maximum absolute atomic E-state index is 17.2. The summed E-state index contributed by atoms with van der Waals surface area (Å²) in [7, 11) is 1.73. The van der Waals surface area contributed by atoms with Gasteiger partial charge in [0.1, 0.15) is 34.6 Å². The number of pyridine rings is 1. The van der Waals surface area contributed by atoms with Gasteiger partial charge in [-0.2, -0.15) is 9.97 Å². The number of hydrogen-bond donors (Lipinski definition) is 3. The van der Waals surface area contributed by atoms with Gasteiger partial charge in [0.05, 0.1) is 23.0 Å². The maximum atomic E-state index is 17.2. The number of nitrogens with zero attached hydrogens (tertiary/aromatic N) is 9. The Kier molecular flexibility index (Phi) is 11.7. The molecule has 0 radical (unpaired) electrons. The summed E-state index contributed by atoms with van der Waals surface area (Å²) < 4.78 is 42.0. The number of aromatic nitrogens is 5. The zero-order valence-corrected chi connectivity index (χ0v) is 40.4. The van der Waals surface area contributed by atoms with Crippen LogP contribution in [0.2, 0.25) is 0 Å². The van der Waals surface area contributed by atoms with E-state index < -0.39 is 23.6 Å². The summed E-state index contributed by atoms with van der Waals surface area (Å²) >= 11 is 0. The molecule has 2 amide bonds. The van der Waals surface area contributed by atoms with Crippen molar-refractivity contribution in [3.8, 4) is 23.0 Å². The summed E-state index contributed by atoms with van der Waals surface area (Å²) in [5.41, 5.74) is 3.06. The van der Waals surface area contributed by atoms with Crippen molar-refractivity contribution in [1.82, 2.24) is 44.5 Å². The lowest BCUT2D eigenvalue weighted by molar-refractivity contribution is -0.135. The van der Waals surface area contributed by atoms with E-state index in [1.54, 1.807) is 29.9 Å². The van der Waals surface area contributed by atoms with Crippen LogP contribution in [-0.4, -0.2) is 135 Å². The van der Waals surface area contributed by atoms with Crippen LogP contribution < -0.4 is 30.9 Å². The van der Waals surface area contributed by atoms with Gasteiger partial charge in [-0.15, -0.1) is 0 Å². The number of piperidine rings is 2. The predicted molar refractivity (Wildman–Crippen MR) is 267 cm³/mol. The van der Waals surface area contributed by atoms with E-state index in [1.165, 1.54) is 16.7 Å². The smallest absolute Gasteiger partial charge is 0.329 e. The van der Waals surface area contributed by atoms with Crippen molar-refractivity contribution >= 4 is 56.0 Å². The average molecular weight is 970 g/mol. The summed E-state index contributed by atoms with van der Waals surface area (Å²) in [6, 6.07) is 12.1. The van der Waals surface area contributed by atoms with Gasteiger partial charge in [-0.25, -0.2) is 13.6 Å². The fraction of sp³-hybridized carbons (Fsp3) is 0.509. The van der Waals surface area contributed by atoms with Crippen LogP contribution in [0.5, 0.6) is 11.8 Å². The summed E-state index contributed by atoms with van der Waals surface area (Å²) in [5.74, 6) is -0.630. The number of fused-ring (bicyclic) bond motifs is 5. The average Bonchev–Trinajstić information content (AvgIpc) is 3.99. The molecule has 1 saturated carbocycles. The van der Waals surface area contributed by atoms with Gasteiger partial charge in [0.25, 0.3) is 0 Å². The van der Waals surface area contributed by atoms with E-state index >= 15 is 8.78 Å². The zero-order chi connectivity index (χ0) is 48.7. The van der Waals surface area contributed by atoms with E-state index in [9.17, 15) is 19.5 Å². The number of imidazole rings is 1. The number of carbonyl (C=O) groups excluding carboxylic acids is 2. The number of piperazine rings is 2. The van der Waals surface area contributed by atoms with Crippen molar-refractivity contribution in [1.29, 1.82) is 0 Å². The summed E-state index contributed by atoms with van der Waals surface area (Å²) in [6.45, 7) is 11.5. The molecule has 3 atom stereocenters. The molecule has 6 aromatic rings. The number of hydrogen-bond acceptors (Lipinski definition) is 13. The van der Waals surface area contributed by atoms with E-state index in [2.05, 4.69) is 35.2 Å². The van der Waals surface area contributed by atoms with Crippen molar-refractivity contribution in [2.75, 3.05) is 81.9 Å². The highest BCUT2D eigenvalue weighted by Crippen LogP contribution is 2.47. The molecule has 372 valence electrons. The van der Waals surface area contributed by atoms with Crippen LogP contribution in [0, 0.1) is 23.0 Å². The minimum absolute atomic E-state index is 0.00961. The highest BCUT2D eigenvalue weighted by molar-refractivity contribution is 6.02. The molecular formula is C53H61F2N11O5. The first-order chi connectivity index (χ1) is 34.4. The van der Waals surface area contributed by atoms with E-state index in [0.717, 1.165) is 115 Å². The molecule has 18 heteroatoms. The molecule has 6 aliphatic rings. The Labute approximate surface area is 410 Å². The molecule has 8 heterocycles. The van der Waals surface area contributed by atoms with Crippen LogP contribution in [0.1, 0.15) is 69.9 Å². The van der Waals surface area contributed by atoms with Crippen molar-refractivity contribution in [2.45, 2.75) is 82.8 Å². The maximum Gasteiger partial charge on any atom is 0.329 e. The molecular weight excluding hydrogens is 909 g/mol. The van der Waals surface area contributed by atoms with Gasteiger partial charge in [-0.05, 0) is 123 Å². The first-order valence-corrected chi connectivity index (χ1v) is 25.6. The van der Waals surface area contributed by atoms with Gasteiger partial charge >= 0.3 is 11.7 Å². The van der Waals surface area contributed by atoms with Gasteiger partial charge in [0.2, 0.25) is 11.8 Å². The van der Waals surface area contributed by atoms with Crippen LogP contribution in [0.3, 0.4) is 0 Å². The second kappa shape index (κ2) is 18.1. The van der Waals surface area contributed by atoms with Crippen molar-refractivity contribution < 1.29 is 28.2 Å². The Morgan fingerprint density at radius 3 is 2.37 bits per heavy atom. The monoisotopic (exact) mass is 969 g/mol. The fourth-order valence-corrected chi connectivity index (χ4v) is 12.4. The SMILES string of the molecule is CCc1c(F)ccc2cc(O)cc(-c3ncc4c(N5CC6CCC(C5)N6)nc(OCC5(CN6CCC(CN7CCN(c8ccc9c(c8)n(C)c(=O)n9C8CCC(=O)NC8=O)CC7)CC6)CC5)nc4c3F)c12. The molecule has 1 aliphatic carbocycles. The first-order valence-electron chi connectivity index (χ1n) is 25.6. The van der Waals surface area contributed by atoms with E-state index in [1.807, 2.05) is 25.1 Å². The minimum Gasteiger partial charge on any atom is -0.508 e. The topological polar surface area (TPSA) is 166 Å². The number of benzene rings is 3. The molecule has 5 aliphatic heterocycles. The number of carbonyl (C=O) groups is 2. The number of anilines is 2. The van der Waals surface area contributed by atoms with Crippen LogP contribution in [0.4, 0.5) is 20.3 Å². The van der Waals surface area contributed by atoms with Gasteiger partial charge in [-0.3, -0.25) is 33.9 Å². The van der Waals surface area contributed by atoms with Gasteiger partial charge < -0.3 is 29.9 Å². The number of halogens is 2. The highest BCUT2D eigenvalue weighted by atomic mass is 19.1. The molecule has 3 aromatic carbocycles. The molecule has 12 rings (SSSR count). The van der Waals surface area contributed by atoms with Crippen LogP contribution >= 0.6 is 0 Å². The molecule has 3 unspecified atom stereocenters. The van der Waals surface area contributed by atoms with Gasteiger partial charge in [0.15, 0.2) is 5.82 Å². The summed E-state index contributed by atoms with van der Waals surface area (Å²) in [4.78, 5) is 61.9. The Hall–Kier alpha value is -6.24. The molecule has 3 N–H and O–H groups in total. The Balaban J connectivity index is 0.694. The number of phenols is 1. The van der Waals surface area contributed by atoms with Crippen molar-refractivity contribution in [3.05, 3.63) is 76.3 Å². The Morgan fingerprint density at radius 2 is 1.63 bits per heavy atom. The first kappa shape index (κ1) is 45.9. The third kappa shape index (κ3) is 8.54. The summed E-state index contributed by atoms with van der Waals surface area (Å²) in [5, 5.41) is 18.4. The number of aryl methyl sites for hydroxylation is 2. The third-order valence-electron chi connectivity index (χ3n) is 16.5. The van der Waals surface area contributed by atoms with E-state index in [4.69, 9.17) is 14.7 Å². The molecule has 71 heavy (non-hydrogen) atoms. The van der Waals surface area contributed by atoms with Crippen LogP contribution in [0.15, 0.2) is 53.5 Å². The predicted octanol–water partition coefficient (Wildman–Crippen LogP) is 5.66. The lowest BCUT2D eigenvalue weighted by Gasteiger charge is -2.40. The van der Waals surface area contributed by atoms with Crippen molar-refractivity contribution in [2.24, 2.45) is 18.4 Å². The normalized spacial score (nSPS) is 23.1. The Morgan fingerprint density at radius 1 is 0.859 bits per heavy atom. The Bertz CT molecular complexity index is 3150. The zero-order valence-electron chi connectivity index (χ0n) is 40.4. The fourth-order valence-electron chi connectivity index (χ4n) is 12.4. The lowest BCUT2D eigenvalue weighted by atomic mass is 9.94. The number of rotatable bonds is 12. The second-order valence-electron chi connectivity index (χ2n) is 21.2. The van der Waals surface area contributed by atoms with Crippen molar-refractivity contribution in [3.63, 3.8) is 0 Å². The molecule has 16 nitrogen and oxygen atoms in total. The number of imide groups is 1. The molecule has 3 aromatic heterocycles. The number of likely N-dealkylation sites (tertiary alicyclic amines) is 1. The molecule has 6 fully saturated rings. The number of amides is 2. The number of phenolic OH excluding ortho intramolecular Hbond substituents is 1. The standard InChI is InChI=1S/C53H61F2N11O5/c1-3-37-40(54)8-4-32-22-36(67)24-38(45(32)37)47-46(55)48-39(25-56-47)49(65-27-33-5-6-34(28-65)57-33)60-51(59-48)71-30-53(14-15-53)29-63-16-12-31(13-17-63)26-62-18-20-64(21-19-62)35-7-9-41-43(23-35)61(2)52(70)66(41)42-10-11-44(68)58-50(42)69/h4,7-9,22-25,31,33-34,42,57,67H,3,5-6,10-21,26-30H2,1-2H3,(H,58,68,69). The van der Waals surface area contributed by atoms with E-state index in [-0.39, 0.29) is 46.4 Å². The second-order valence-corrected chi connectivity index (χ2v) is 21.2. The highest BCUT2D eigenvalue weighted by Gasteiger charge is 2.46. The van der Waals surface area contributed by atoms with Crippen LogP contribution in [0.25, 0.3) is 44.0 Å². The van der Waals surface area contributed by atoms with E-state index in [0.29, 0.717) is 76.1 Å². The lowest BCUT2D eigenvalue weighted by Crippen LogP contribution is -2.51. The van der Waals surface area contributed by atoms with Gasteiger partial charge in [-0.1, -0.05) is 13.0 Å². The number of ether oxygens (including phenoxy) is 1.